The molecule has 0 radical (unpaired) electrons. The third-order valence-electron chi connectivity index (χ3n) is 4.80. The van der Waals surface area contributed by atoms with E-state index in [0.717, 1.165) is 16.5 Å². The zero-order chi connectivity index (χ0) is 21.1. The monoisotopic (exact) mass is 421 g/mol. The fourth-order valence-corrected chi connectivity index (χ4v) is 3.43. The zero-order valence-electron chi connectivity index (χ0n) is 16.5. The summed E-state index contributed by atoms with van der Waals surface area (Å²) in [5, 5.41) is 21.0. The molecule has 1 aromatic heterocycles. The lowest BCUT2D eigenvalue weighted by Crippen LogP contribution is -2.00. The van der Waals surface area contributed by atoms with Crippen LogP contribution in [0.15, 0.2) is 77.0 Å². The summed E-state index contributed by atoms with van der Waals surface area (Å²) in [5.74, 6) is 1.33. The maximum atomic E-state index is 11.0. The van der Waals surface area contributed by atoms with Gasteiger partial charge >= 0.3 is 0 Å². The molecular weight excluding hydrogens is 402 g/mol. The van der Waals surface area contributed by atoms with Gasteiger partial charge in [0.2, 0.25) is 5.88 Å². The number of aromatic nitrogens is 1. The Hall–Kier alpha value is -3.51. The molecule has 4 aromatic rings. The maximum Gasteiger partial charge on any atom is 0.221 e. The lowest BCUT2D eigenvalue weighted by molar-refractivity contribution is 0.354. The first-order valence-electron chi connectivity index (χ1n) is 9.29. The maximum absolute atomic E-state index is 11.0. The third kappa shape index (κ3) is 3.82. The smallest absolute Gasteiger partial charge is 0.221 e. The van der Waals surface area contributed by atoms with E-state index in [9.17, 15) is 5.11 Å². The number of azo groups is 1. The van der Waals surface area contributed by atoms with E-state index in [2.05, 4.69) is 10.2 Å². The molecule has 1 N–H and O–H groups in total. The number of halogens is 1. The van der Waals surface area contributed by atoms with Gasteiger partial charge in [-0.2, -0.15) is 5.11 Å². The number of nitrogens with zero attached hydrogens (tertiary/aromatic N) is 3. The summed E-state index contributed by atoms with van der Waals surface area (Å²) in [6.07, 6.45) is 0. The van der Waals surface area contributed by atoms with Crippen molar-refractivity contribution in [3.63, 3.8) is 0 Å². The molecule has 30 heavy (non-hydrogen) atoms. The summed E-state index contributed by atoms with van der Waals surface area (Å²) < 4.78 is 12.5. The Morgan fingerprint density at radius 2 is 1.63 bits per heavy atom. The number of benzene rings is 3. The highest BCUT2D eigenvalue weighted by Crippen LogP contribution is 2.40. The Bertz CT molecular complexity index is 1220. The van der Waals surface area contributed by atoms with Gasteiger partial charge in [-0.15, -0.1) is 5.11 Å². The number of hydrogen-bond acceptors (Lipinski definition) is 5. The first kappa shape index (κ1) is 19.8. The highest BCUT2D eigenvalue weighted by atomic mass is 35.5. The molecule has 0 aliphatic carbocycles. The van der Waals surface area contributed by atoms with Crippen molar-refractivity contribution in [2.45, 2.75) is 6.54 Å². The largest absolute Gasteiger partial charge is 0.493 e. The molecule has 4 rings (SSSR count). The standard InChI is InChI=1S/C23H20ClN3O3/c1-29-20-12-7-15(13-21(20)30-2)14-27-19-6-4-3-5-18(19)22(23(27)28)26-25-17-10-8-16(24)9-11-17/h3-13,28H,14H2,1-2H3. The summed E-state index contributed by atoms with van der Waals surface area (Å²) in [4.78, 5) is 0. The van der Waals surface area contributed by atoms with Crippen LogP contribution in [0.4, 0.5) is 11.4 Å². The van der Waals surface area contributed by atoms with Gasteiger partial charge in [-0.25, -0.2) is 0 Å². The van der Waals surface area contributed by atoms with Crippen molar-refractivity contribution in [2.75, 3.05) is 14.2 Å². The second-order valence-electron chi connectivity index (χ2n) is 6.64. The summed E-state index contributed by atoms with van der Waals surface area (Å²) >= 11 is 5.92. The molecule has 0 aliphatic heterocycles. The molecule has 0 atom stereocenters. The molecule has 3 aromatic carbocycles. The number of para-hydroxylation sites is 1. The van der Waals surface area contributed by atoms with Crippen molar-refractivity contribution in [1.82, 2.24) is 4.57 Å². The Kier molecular flexibility index (Phi) is 5.59. The zero-order valence-corrected chi connectivity index (χ0v) is 17.3. The number of fused-ring (bicyclic) bond motifs is 1. The first-order chi connectivity index (χ1) is 14.6. The van der Waals surface area contributed by atoms with Crippen LogP contribution in [0, 0.1) is 0 Å². The van der Waals surface area contributed by atoms with Gasteiger partial charge in [-0.05, 0) is 48.0 Å². The van der Waals surface area contributed by atoms with Gasteiger partial charge in [0.25, 0.3) is 0 Å². The minimum atomic E-state index is 0.0451. The van der Waals surface area contributed by atoms with Crippen LogP contribution in [0.1, 0.15) is 5.56 Å². The number of ether oxygens (including phenoxy) is 2. The van der Waals surface area contributed by atoms with Crippen LogP contribution in [0.2, 0.25) is 5.02 Å². The quantitative estimate of drug-likeness (QED) is 0.362. The average molecular weight is 422 g/mol. The molecule has 0 fully saturated rings. The normalized spacial score (nSPS) is 11.3. The van der Waals surface area contributed by atoms with Crippen LogP contribution in [0.5, 0.6) is 17.4 Å². The highest BCUT2D eigenvalue weighted by Gasteiger charge is 2.17. The number of aromatic hydroxyl groups is 1. The fourth-order valence-electron chi connectivity index (χ4n) is 3.31. The Morgan fingerprint density at radius 1 is 0.900 bits per heavy atom. The Balaban J connectivity index is 1.74. The second kappa shape index (κ2) is 8.47. The molecule has 152 valence electrons. The summed E-state index contributed by atoms with van der Waals surface area (Å²) in [6, 6.07) is 20.4. The van der Waals surface area contributed by atoms with Gasteiger partial charge in [0.1, 0.15) is 0 Å². The molecule has 0 bridgehead atoms. The molecule has 0 amide bonds. The Morgan fingerprint density at radius 3 is 2.37 bits per heavy atom. The van der Waals surface area contributed by atoms with E-state index in [1.54, 1.807) is 43.1 Å². The minimum absolute atomic E-state index is 0.0451. The van der Waals surface area contributed by atoms with Crippen LogP contribution >= 0.6 is 11.6 Å². The fraction of sp³-hybridized carbons (Fsp3) is 0.130. The van der Waals surface area contributed by atoms with Crippen LogP contribution in [-0.2, 0) is 6.54 Å². The van der Waals surface area contributed by atoms with Crippen molar-refractivity contribution >= 4 is 33.9 Å². The third-order valence-corrected chi connectivity index (χ3v) is 5.05. The van der Waals surface area contributed by atoms with Crippen molar-refractivity contribution in [3.05, 3.63) is 77.3 Å². The van der Waals surface area contributed by atoms with Gasteiger partial charge in [0, 0.05) is 10.4 Å². The predicted octanol–water partition coefficient (Wildman–Crippen LogP) is 6.48. The van der Waals surface area contributed by atoms with Crippen molar-refractivity contribution in [2.24, 2.45) is 10.2 Å². The molecule has 0 saturated heterocycles. The van der Waals surface area contributed by atoms with Crippen molar-refractivity contribution < 1.29 is 14.6 Å². The number of hydrogen-bond donors (Lipinski definition) is 1. The number of methoxy groups -OCH3 is 2. The topological polar surface area (TPSA) is 68.3 Å². The van der Waals surface area contributed by atoms with Crippen LogP contribution in [-0.4, -0.2) is 23.9 Å². The van der Waals surface area contributed by atoms with E-state index in [1.165, 1.54) is 0 Å². The molecule has 0 saturated carbocycles. The molecular formula is C23H20ClN3O3. The minimum Gasteiger partial charge on any atom is -0.493 e. The van der Waals surface area contributed by atoms with Gasteiger partial charge in [-0.3, -0.25) is 0 Å². The van der Waals surface area contributed by atoms with Gasteiger partial charge in [0.15, 0.2) is 17.2 Å². The summed E-state index contributed by atoms with van der Waals surface area (Å²) in [5.41, 5.74) is 2.87. The second-order valence-corrected chi connectivity index (χ2v) is 7.08. The average Bonchev–Trinajstić information content (AvgIpc) is 3.04. The van der Waals surface area contributed by atoms with E-state index in [1.807, 2.05) is 42.5 Å². The van der Waals surface area contributed by atoms with E-state index >= 15 is 0 Å². The lowest BCUT2D eigenvalue weighted by atomic mass is 10.2. The molecule has 0 spiro atoms. The molecule has 0 aliphatic rings. The molecule has 1 heterocycles. The van der Waals surface area contributed by atoms with E-state index in [-0.39, 0.29) is 5.88 Å². The van der Waals surface area contributed by atoms with Crippen LogP contribution in [0.3, 0.4) is 0 Å². The van der Waals surface area contributed by atoms with E-state index < -0.39 is 0 Å². The molecule has 7 heteroatoms. The predicted molar refractivity (Wildman–Crippen MR) is 118 cm³/mol. The SMILES string of the molecule is COc1ccc(Cn2c(O)c(N=Nc3ccc(Cl)cc3)c3ccccc32)cc1OC. The van der Waals surface area contributed by atoms with Gasteiger partial charge in [0.05, 0.1) is 32.0 Å². The molecule has 0 unspecified atom stereocenters. The highest BCUT2D eigenvalue weighted by molar-refractivity contribution is 6.30. The van der Waals surface area contributed by atoms with E-state index in [4.69, 9.17) is 21.1 Å². The van der Waals surface area contributed by atoms with Crippen LogP contribution < -0.4 is 9.47 Å². The summed E-state index contributed by atoms with van der Waals surface area (Å²) in [6.45, 7) is 0.434. The van der Waals surface area contributed by atoms with E-state index in [0.29, 0.717) is 34.4 Å². The number of rotatable bonds is 6. The van der Waals surface area contributed by atoms with Gasteiger partial charge in [-0.1, -0.05) is 35.9 Å². The molecule has 6 nitrogen and oxygen atoms in total. The van der Waals surface area contributed by atoms with Crippen molar-refractivity contribution in [3.8, 4) is 17.4 Å². The van der Waals surface area contributed by atoms with Crippen LogP contribution in [0.25, 0.3) is 10.9 Å². The first-order valence-corrected chi connectivity index (χ1v) is 9.67. The lowest BCUT2D eigenvalue weighted by Gasteiger charge is -2.11. The van der Waals surface area contributed by atoms with Gasteiger partial charge < -0.3 is 19.1 Å². The van der Waals surface area contributed by atoms with Crippen molar-refractivity contribution in [1.29, 1.82) is 0 Å². The summed E-state index contributed by atoms with van der Waals surface area (Å²) in [7, 11) is 3.19. The Labute approximate surface area is 179 Å².